The molecule has 0 aliphatic carbocycles. The van der Waals surface area contributed by atoms with Gasteiger partial charge in [0.05, 0.1) is 6.54 Å². The van der Waals surface area contributed by atoms with E-state index in [9.17, 15) is 9.59 Å². The molecule has 0 atom stereocenters. The first-order valence-corrected chi connectivity index (χ1v) is 8.84. The fourth-order valence-corrected chi connectivity index (χ4v) is 3.19. The Morgan fingerprint density at radius 1 is 1.23 bits per heavy atom. The fourth-order valence-electron chi connectivity index (χ4n) is 2.98. The van der Waals surface area contributed by atoms with Gasteiger partial charge in [-0.1, -0.05) is 35.9 Å². The Morgan fingerprint density at radius 3 is 2.69 bits per heavy atom. The third kappa shape index (κ3) is 4.17. The molecule has 1 aliphatic heterocycles. The number of nitrogens with one attached hydrogen (secondary N) is 1. The van der Waals surface area contributed by atoms with Crippen LogP contribution in [0.3, 0.4) is 0 Å². The number of hydrogen-bond acceptors (Lipinski definition) is 3. The van der Waals surface area contributed by atoms with Crippen LogP contribution in [-0.2, 0) is 11.2 Å². The van der Waals surface area contributed by atoms with E-state index in [1.165, 1.54) is 4.90 Å². The molecule has 1 N–H and O–H groups in total. The smallest absolute Gasteiger partial charge is 0.414 e. The average molecular weight is 373 g/mol. The molecule has 0 unspecified atom stereocenters. The maximum absolute atomic E-state index is 12.7. The normalized spacial score (nSPS) is 14.3. The van der Waals surface area contributed by atoms with Gasteiger partial charge in [-0.3, -0.25) is 9.69 Å². The highest BCUT2D eigenvalue weighted by Gasteiger charge is 2.26. The summed E-state index contributed by atoms with van der Waals surface area (Å²) in [6.45, 7) is 4.76. The van der Waals surface area contributed by atoms with Crippen LogP contribution in [0.5, 0.6) is 0 Å². The van der Waals surface area contributed by atoms with Crippen LogP contribution >= 0.6 is 11.6 Å². The Labute approximate surface area is 157 Å². The molecule has 0 saturated carbocycles. The molecule has 0 spiro atoms. The van der Waals surface area contributed by atoms with Crippen molar-refractivity contribution < 1.29 is 14.3 Å². The van der Waals surface area contributed by atoms with E-state index in [1.54, 1.807) is 24.3 Å². The van der Waals surface area contributed by atoms with Crippen molar-refractivity contribution in [3.8, 4) is 0 Å². The van der Waals surface area contributed by atoms with E-state index in [4.69, 9.17) is 16.3 Å². The molecular formula is C20H21ClN2O3. The van der Waals surface area contributed by atoms with Crippen molar-refractivity contribution in [2.24, 2.45) is 0 Å². The minimum atomic E-state index is -0.481. The summed E-state index contributed by atoms with van der Waals surface area (Å²) in [5.74, 6) is -0.198. The van der Waals surface area contributed by atoms with E-state index in [2.05, 4.69) is 5.32 Å². The molecule has 3 rings (SSSR count). The van der Waals surface area contributed by atoms with Crippen molar-refractivity contribution >= 4 is 29.3 Å². The first kappa shape index (κ1) is 18.3. The zero-order chi connectivity index (χ0) is 18.7. The predicted molar refractivity (Wildman–Crippen MR) is 102 cm³/mol. The molecule has 5 nitrogen and oxygen atoms in total. The van der Waals surface area contributed by atoms with Crippen molar-refractivity contribution in [2.45, 2.75) is 25.8 Å². The molecule has 2 aromatic rings. The fraction of sp³-hybridized carbons (Fsp3) is 0.300. The van der Waals surface area contributed by atoms with E-state index >= 15 is 0 Å². The molecule has 0 bridgehead atoms. The van der Waals surface area contributed by atoms with Crippen LogP contribution in [0.2, 0.25) is 5.02 Å². The van der Waals surface area contributed by atoms with E-state index in [0.717, 1.165) is 5.56 Å². The lowest BCUT2D eigenvalue weighted by Crippen LogP contribution is -2.45. The lowest BCUT2D eigenvalue weighted by atomic mass is 9.94. The molecule has 26 heavy (non-hydrogen) atoms. The highest BCUT2D eigenvalue weighted by atomic mass is 35.5. The maximum Gasteiger partial charge on any atom is 0.414 e. The highest BCUT2D eigenvalue weighted by molar-refractivity contribution is 6.31. The van der Waals surface area contributed by atoms with E-state index in [0.29, 0.717) is 35.8 Å². The second-order valence-electron chi connectivity index (χ2n) is 6.92. The van der Waals surface area contributed by atoms with Crippen LogP contribution in [0.4, 0.5) is 10.5 Å². The molecule has 1 aliphatic rings. The monoisotopic (exact) mass is 372 g/mol. The average Bonchev–Trinajstić information content (AvgIpc) is 3.02. The first-order valence-electron chi connectivity index (χ1n) is 8.46. The van der Waals surface area contributed by atoms with Gasteiger partial charge in [-0.2, -0.15) is 0 Å². The number of rotatable bonds is 5. The number of carbonyl (C=O) groups excluding carboxylic acids is 2. The lowest BCUT2D eigenvalue weighted by molar-refractivity contribution is 0.0913. The summed E-state index contributed by atoms with van der Waals surface area (Å²) in [5, 5.41) is 3.73. The Kier molecular flexibility index (Phi) is 5.18. The molecule has 1 saturated heterocycles. The largest absolute Gasteiger partial charge is 0.447 e. The van der Waals surface area contributed by atoms with Gasteiger partial charge in [0.15, 0.2) is 0 Å². The highest BCUT2D eigenvalue weighted by Crippen LogP contribution is 2.23. The maximum atomic E-state index is 12.7. The number of ether oxygens (including phenoxy) is 1. The Morgan fingerprint density at radius 2 is 2.00 bits per heavy atom. The van der Waals surface area contributed by atoms with Crippen molar-refractivity contribution in [3.63, 3.8) is 0 Å². The summed E-state index contributed by atoms with van der Waals surface area (Å²) in [5.41, 5.74) is 1.65. The van der Waals surface area contributed by atoms with Crippen molar-refractivity contribution in [2.75, 3.05) is 18.1 Å². The SMILES string of the molecule is CC(C)(Cc1ccccc1Cl)NC(=O)c1cccc(N2CCOC2=O)c1. The van der Waals surface area contributed by atoms with Crippen LogP contribution < -0.4 is 10.2 Å². The van der Waals surface area contributed by atoms with Crippen molar-refractivity contribution in [1.82, 2.24) is 5.32 Å². The number of hydrogen-bond donors (Lipinski definition) is 1. The Hall–Kier alpha value is -2.53. The van der Waals surface area contributed by atoms with Gasteiger partial charge >= 0.3 is 6.09 Å². The number of carbonyl (C=O) groups is 2. The van der Waals surface area contributed by atoms with Gasteiger partial charge in [-0.05, 0) is 50.1 Å². The summed E-state index contributed by atoms with van der Waals surface area (Å²) < 4.78 is 4.95. The third-order valence-electron chi connectivity index (χ3n) is 4.22. The van der Waals surface area contributed by atoms with Crippen LogP contribution in [0.1, 0.15) is 29.8 Å². The topological polar surface area (TPSA) is 58.6 Å². The summed E-state index contributed by atoms with van der Waals surface area (Å²) in [6.07, 6.45) is 0.220. The number of cyclic esters (lactones) is 1. The van der Waals surface area contributed by atoms with E-state index in [-0.39, 0.29) is 12.0 Å². The van der Waals surface area contributed by atoms with Gasteiger partial charge in [0.25, 0.3) is 5.91 Å². The van der Waals surface area contributed by atoms with E-state index in [1.807, 2.05) is 38.1 Å². The number of benzene rings is 2. The van der Waals surface area contributed by atoms with Crippen LogP contribution in [0.15, 0.2) is 48.5 Å². The van der Waals surface area contributed by atoms with Gasteiger partial charge in [-0.25, -0.2) is 4.79 Å². The van der Waals surface area contributed by atoms with Gasteiger partial charge in [0, 0.05) is 21.8 Å². The zero-order valence-electron chi connectivity index (χ0n) is 14.8. The summed E-state index contributed by atoms with van der Waals surface area (Å²) >= 11 is 6.23. The van der Waals surface area contributed by atoms with E-state index < -0.39 is 5.54 Å². The lowest BCUT2D eigenvalue weighted by Gasteiger charge is -2.27. The summed E-state index contributed by atoms with van der Waals surface area (Å²) in [6, 6.07) is 14.6. The van der Waals surface area contributed by atoms with Crippen LogP contribution in [0.25, 0.3) is 0 Å². The quantitative estimate of drug-likeness (QED) is 0.861. The molecule has 0 radical (unpaired) electrons. The second kappa shape index (κ2) is 7.38. The standard InChI is InChI=1S/C20H21ClN2O3/c1-20(2,13-15-6-3-4-9-17(15)21)22-18(24)14-7-5-8-16(12-14)23-10-11-26-19(23)25/h3-9,12H,10-11,13H2,1-2H3,(H,22,24). The van der Waals surface area contributed by atoms with Crippen LogP contribution in [0, 0.1) is 0 Å². The molecule has 1 heterocycles. The molecule has 6 heteroatoms. The molecule has 2 aromatic carbocycles. The minimum Gasteiger partial charge on any atom is -0.447 e. The van der Waals surface area contributed by atoms with Gasteiger partial charge in [0.1, 0.15) is 6.61 Å². The summed E-state index contributed by atoms with van der Waals surface area (Å²) in [7, 11) is 0. The summed E-state index contributed by atoms with van der Waals surface area (Å²) in [4.78, 5) is 25.9. The third-order valence-corrected chi connectivity index (χ3v) is 4.59. The Bertz CT molecular complexity index is 835. The Balaban J connectivity index is 1.73. The van der Waals surface area contributed by atoms with Crippen molar-refractivity contribution in [3.05, 3.63) is 64.7 Å². The molecule has 2 amide bonds. The van der Waals surface area contributed by atoms with Gasteiger partial charge < -0.3 is 10.1 Å². The first-order chi connectivity index (χ1) is 12.4. The molecule has 1 fully saturated rings. The zero-order valence-corrected chi connectivity index (χ0v) is 15.5. The molecule has 0 aromatic heterocycles. The molecule has 136 valence electrons. The van der Waals surface area contributed by atoms with Crippen molar-refractivity contribution in [1.29, 1.82) is 0 Å². The minimum absolute atomic E-state index is 0.198. The van der Waals surface area contributed by atoms with Gasteiger partial charge in [0.2, 0.25) is 0 Å². The number of amides is 2. The van der Waals surface area contributed by atoms with Gasteiger partial charge in [-0.15, -0.1) is 0 Å². The second-order valence-corrected chi connectivity index (χ2v) is 7.33. The van der Waals surface area contributed by atoms with Crippen LogP contribution in [-0.4, -0.2) is 30.7 Å². The molecular weight excluding hydrogens is 352 g/mol. The predicted octanol–water partition coefficient (Wildman–Crippen LogP) is 4.05. The number of nitrogens with zero attached hydrogens (tertiary/aromatic N) is 1. The number of anilines is 1. The number of halogens is 1.